The lowest BCUT2D eigenvalue weighted by atomic mass is 10.1. The number of aryl methyl sites for hydroxylation is 1. The lowest BCUT2D eigenvalue weighted by molar-refractivity contribution is 0.104. The van der Waals surface area contributed by atoms with Crippen molar-refractivity contribution in [1.29, 1.82) is 0 Å². The summed E-state index contributed by atoms with van der Waals surface area (Å²) in [6, 6.07) is 40.3. The first-order valence-electron chi connectivity index (χ1n) is 11.4. The summed E-state index contributed by atoms with van der Waals surface area (Å²) in [5, 5.41) is 1.94. The Hall–Kier alpha value is -3.05. The third kappa shape index (κ3) is 4.87. The van der Waals surface area contributed by atoms with Crippen molar-refractivity contribution in [3.8, 4) is 0 Å². The fourth-order valence-corrected chi connectivity index (χ4v) is 8.68. The monoisotopic (exact) mass is 510 g/mol. The zero-order chi connectivity index (χ0) is 24.3. The Morgan fingerprint density at radius 1 is 0.714 bits per heavy atom. The first kappa shape index (κ1) is 23.7. The van der Waals surface area contributed by atoms with Gasteiger partial charge in [-0.2, -0.15) is 10.0 Å². The summed E-state index contributed by atoms with van der Waals surface area (Å²) in [6.07, 6.45) is 2.39. The summed E-state index contributed by atoms with van der Waals surface area (Å²) < 4.78 is 0. The summed E-state index contributed by atoms with van der Waals surface area (Å²) >= 11 is 3.23. The first-order chi connectivity index (χ1) is 17.1. The summed E-state index contributed by atoms with van der Waals surface area (Å²) in [6.45, 7) is 2.19. The van der Waals surface area contributed by atoms with Crippen LogP contribution in [0.3, 0.4) is 0 Å². The second-order valence-corrected chi connectivity index (χ2v) is 13.7. The Kier molecular flexibility index (Phi) is 6.96. The second-order valence-electron chi connectivity index (χ2n) is 8.40. The number of benzene rings is 4. The summed E-state index contributed by atoms with van der Waals surface area (Å²) in [5.74, 6) is 0.0844. The molecule has 0 aliphatic carbocycles. The molecule has 0 aliphatic rings. The van der Waals surface area contributed by atoms with Crippen LogP contribution in [0, 0.1) is 6.92 Å². The maximum atomic E-state index is 12.6. The molecule has 0 bridgehead atoms. The van der Waals surface area contributed by atoms with Gasteiger partial charge in [0.25, 0.3) is 0 Å². The molecule has 0 N–H and O–H groups in total. The highest BCUT2D eigenvalue weighted by molar-refractivity contribution is 8.33. The third-order valence-corrected chi connectivity index (χ3v) is 11.8. The van der Waals surface area contributed by atoms with Crippen molar-refractivity contribution in [3.63, 3.8) is 0 Å². The summed E-state index contributed by atoms with van der Waals surface area (Å²) in [5.41, 5.74) is 1.99. The van der Waals surface area contributed by atoms with E-state index in [1.54, 1.807) is 11.8 Å². The lowest BCUT2D eigenvalue weighted by Gasteiger charge is -2.38. The minimum absolute atomic E-state index is 0.0844. The molecule has 1 heterocycles. The highest BCUT2D eigenvalue weighted by Crippen LogP contribution is 2.65. The number of carbonyl (C=O) groups is 1. The van der Waals surface area contributed by atoms with Crippen molar-refractivity contribution >= 4 is 38.9 Å². The average molecular weight is 511 g/mol. The molecular weight excluding hydrogens is 485 g/mol. The van der Waals surface area contributed by atoms with Crippen LogP contribution in [0.2, 0.25) is 0 Å². The van der Waals surface area contributed by atoms with E-state index in [1.165, 1.54) is 36.5 Å². The van der Waals surface area contributed by atoms with Gasteiger partial charge >= 0.3 is 0 Å². The van der Waals surface area contributed by atoms with Crippen LogP contribution in [0.25, 0.3) is 0 Å². The van der Waals surface area contributed by atoms with E-state index in [0.29, 0.717) is 0 Å². The molecule has 4 heteroatoms. The fraction of sp³-hybridized carbons (Fsp3) is 0.0645. The van der Waals surface area contributed by atoms with E-state index in [0.717, 1.165) is 15.3 Å². The highest BCUT2D eigenvalue weighted by Gasteiger charge is 2.26. The van der Waals surface area contributed by atoms with Gasteiger partial charge in [-0.15, -0.1) is 11.3 Å². The van der Waals surface area contributed by atoms with E-state index in [9.17, 15) is 4.79 Å². The van der Waals surface area contributed by atoms with E-state index >= 15 is 0 Å². The standard InChI is InChI=1S/C31H26OS3/c1-23-22-28(35(2,26-10-5-3-6-11-26)27-12-7-4-8-13-27)19-20-29(23)34-25-17-15-24(16-18-25)31(32)30-14-9-21-33-30/h3-22H,1-2H3. The van der Waals surface area contributed by atoms with Gasteiger partial charge in [0.15, 0.2) is 0 Å². The van der Waals surface area contributed by atoms with Crippen molar-refractivity contribution < 1.29 is 4.79 Å². The van der Waals surface area contributed by atoms with Crippen LogP contribution in [0.5, 0.6) is 0 Å². The molecule has 0 atom stereocenters. The average Bonchev–Trinajstić information content (AvgIpc) is 3.46. The van der Waals surface area contributed by atoms with Crippen molar-refractivity contribution in [2.45, 2.75) is 31.4 Å². The van der Waals surface area contributed by atoms with Crippen molar-refractivity contribution in [1.82, 2.24) is 0 Å². The van der Waals surface area contributed by atoms with E-state index in [1.807, 2.05) is 41.8 Å². The molecule has 0 unspecified atom stereocenters. The molecule has 0 fully saturated rings. The van der Waals surface area contributed by atoms with Crippen molar-refractivity contribution in [2.24, 2.45) is 0 Å². The fourth-order valence-electron chi connectivity index (χ4n) is 4.14. The normalized spacial score (nSPS) is 11.8. The molecule has 4 aromatic carbocycles. The molecule has 35 heavy (non-hydrogen) atoms. The molecule has 0 aliphatic heterocycles. The molecular formula is C31H26OS3. The zero-order valence-electron chi connectivity index (χ0n) is 19.7. The molecule has 0 radical (unpaired) electrons. The van der Waals surface area contributed by atoms with Crippen LogP contribution in [-0.2, 0) is 0 Å². The van der Waals surface area contributed by atoms with Crippen LogP contribution in [0.15, 0.2) is 145 Å². The molecule has 0 amide bonds. The van der Waals surface area contributed by atoms with Crippen LogP contribution in [0.4, 0.5) is 0 Å². The van der Waals surface area contributed by atoms with E-state index in [4.69, 9.17) is 0 Å². The molecule has 174 valence electrons. The van der Waals surface area contributed by atoms with Gasteiger partial charge in [0.2, 0.25) is 5.78 Å². The molecule has 1 nitrogen and oxygen atoms in total. The Labute approximate surface area is 217 Å². The van der Waals surface area contributed by atoms with Gasteiger partial charge < -0.3 is 0 Å². The predicted octanol–water partition coefficient (Wildman–Crippen LogP) is 9.35. The molecule has 0 spiro atoms. The summed E-state index contributed by atoms with van der Waals surface area (Å²) in [7, 11) is -1.37. The maximum Gasteiger partial charge on any atom is 0.202 e. The molecule has 5 rings (SSSR count). The number of rotatable bonds is 7. The number of carbonyl (C=O) groups excluding carboxylic acids is 1. The van der Waals surface area contributed by atoms with E-state index in [2.05, 4.69) is 92.0 Å². The van der Waals surface area contributed by atoms with Gasteiger partial charge in [-0.05, 0) is 112 Å². The molecule has 0 saturated heterocycles. The SMILES string of the molecule is Cc1cc(S(C)(c2ccccc2)c2ccccc2)ccc1Sc1ccc(C(=O)c2cccs2)cc1. The zero-order valence-corrected chi connectivity index (χ0v) is 22.1. The quantitative estimate of drug-likeness (QED) is 0.203. The highest BCUT2D eigenvalue weighted by atomic mass is 32.3. The molecule has 5 aromatic rings. The number of thiophene rings is 1. The summed E-state index contributed by atoms with van der Waals surface area (Å²) in [4.78, 5) is 19.8. The van der Waals surface area contributed by atoms with Gasteiger partial charge in [0, 0.05) is 15.4 Å². The number of ketones is 1. The Morgan fingerprint density at radius 2 is 1.34 bits per heavy atom. The van der Waals surface area contributed by atoms with Gasteiger partial charge in [-0.25, -0.2) is 0 Å². The maximum absolute atomic E-state index is 12.6. The van der Waals surface area contributed by atoms with Gasteiger partial charge in [-0.3, -0.25) is 4.79 Å². The molecule has 1 aromatic heterocycles. The predicted molar refractivity (Wildman–Crippen MR) is 151 cm³/mol. The minimum atomic E-state index is -1.37. The van der Waals surface area contributed by atoms with E-state index in [-0.39, 0.29) is 5.78 Å². The second kappa shape index (κ2) is 10.3. The number of hydrogen-bond donors (Lipinski definition) is 0. The van der Waals surface area contributed by atoms with Crippen molar-refractivity contribution in [3.05, 3.63) is 137 Å². The van der Waals surface area contributed by atoms with Crippen LogP contribution in [0.1, 0.15) is 20.8 Å². The Morgan fingerprint density at radius 3 is 1.89 bits per heavy atom. The Bertz CT molecular complexity index is 1380. The lowest BCUT2D eigenvalue weighted by Crippen LogP contribution is -2.02. The van der Waals surface area contributed by atoms with Gasteiger partial charge in [0.1, 0.15) is 0 Å². The first-order valence-corrected chi connectivity index (χ1v) is 15.1. The van der Waals surface area contributed by atoms with Crippen molar-refractivity contribution in [2.75, 3.05) is 6.26 Å². The largest absolute Gasteiger partial charge is 0.288 e. The van der Waals surface area contributed by atoms with Crippen LogP contribution < -0.4 is 0 Å². The molecule has 0 saturated carbocycles. The van der Waals surface area contributed by atoms with Crippen LogP contribution in [-0.4, -0.2) is 12.0 Å². The Balaban J connectivity index is 1.43. The number of hydrogen-bond acceptors (Lipinski definition) is 3. The van der Waals surface area contributed by atoms with Crippen LogP contribution >= 0.6 is 33.1 Å². The van der Waals surface area contributed by atoms with E-state index < -0.39 is 10.0 Å². The topological polar surface area (TPSA) is 17.1 Å². The third-order valence-electron chi connectivity index (χ3n) is 6.14. The van der Waals surface area contributed by atoms with Gasteiger partial charge in [0.05, 0.1) is 4.88 Å². The smallest absolute Gasteiger partial charge is 0.202 e. The minimum Gasteiger partial charge on any atom is -0.288 e. The van der Waals surface area contributed by atoms with Gasteiger partial charge in [-0.1, -0.05) is 54.2 Å².